The van der Waals surface area contributed by atoms with E-state index < -0.39 is 0 Å². The van der Waals surface area contributed by atoms with Crippen molar-refractivity contribution in [2.24, 2.45) is 5.92 Å². The largest absolute Gasteiger partial charge is 0.395 e. The van der Waals surface area contributed by atoms with Gasteiger partial charge >= 0.3 is 0 Å². The molecule has 2 saturated heterocycles. The average Bonchev–Trinajstić information content (AvgIpc) is 2.68. The van der Waals surface area contributed by atoms with Crippen molar-refractivity contribution in [2.75, 3.05) is 52.4 Å². The molecule has 2 amide bonds. The van der Waals surface area contributed by atoms with Crippen LogP contribution in [0.1, 0.15) is 23.2 Å². The second-order valence-electron chi connectivity index (χ2n) is 6.96. The summed E-state index contributed by atoms with van der Waals surface area (Å²) in [6.45, 7) is 5.23. The van der Waals surface area contributed by atoms with Gasteiger partial charge in [-0.2, -0.15) is 0 Å². The summed E-state index contributed by atoms with van der Waals surface area (Å²) in [5, 5.41) is 9.01. The van der Waals surface area contributed by atoms with Crippen molar-refractivity contribution in [3.8, 4) is 0 Å². The Hall–Kier alpha value is -1.44. The molecule has 0 radical (unpaired) electrons. The molecular weight excluding hydrogens is 398 g/mol. The van der Waals surface area contributed by atoms with Crippen LogP contribution in [0.4, 0.5) is 0 Å². The fraction of sp³-hybridized carbons (Fsp3) is 0.579. The molecule has 2 fully saturated rings. The quantitative estimate of drug-likeness (QED) is 0.795. The number of amides is 2. The summed E-state index contributed by atoms with van der Waals surface area (Å²) in [7, 11) is 0. The number of aliphatic hydroxyl groups excluding tert-OH is 1. The molecule has 26 heavy (non-hydrogen) atoms. The summed E-state index contributed by atoms with van der Waals surface area (Å²) in [6.07, 6.45) is 1.47. The van der Waals surface area contributed by atoms with E-state index >= 15 is 0 Å². The fourth-order valence-corrected chi connectivity index (χ4v) is 3.96. The summed E-state index contributed by atoms with van der Waals surface area (Å²) in [6, 6.07) is 7.41. The van der Waals surface area contributed by atoms with Gasteiger partial charge < -0.3 is 14.9 Å². The van der Waals surface area contributed by atoms with E-state index in [0.717, 1.165) is 43.5 Å². The Bertz CT molecular complexity index is 621. The third kappa shape index (κ3) is 4.64. The van der Waals surface area contributed by atoms with Gasteiger partial charge in [-0.1, -0.05) is 15.9 Å². The number of rotatable bonds is 4. The first-order valence-corrected chi connectivity index (χ1v) is 10.0. The van der Waals surface area contributed by atoms with Gasteiger partial charge in [-0.25, -0.2) is 0 Å². The van der Waals surface area contributed by atoms with E-state index in [1.165, 1.54) is 0 Å². The van der Waals surface area contributed by atoms with Gasteiger partial charge in [-0.3, -0.25) is 14.5 Å². The minimum absolute atomic E-state index is 0.0216. The first-order valence-electron chi connectivity index (χ1n) is 9.25. The number of piperidine rings is 1. The minimum Gasteiger partial charge on any atom is -0.395 e. The third-order valence-corrected chi connectivity index (χ3v) is 5.85. The van der Waals surface area contributed by atoms with Crippen molar-refractivity contribution >= 4 is 27.7 Å². The van der Waals surface area contributed by atoms with E-state index in [2.05, 4.69) is 20.8 Å². The van der Waals surface area contributed by atoms with E-state index in [0.29, 0.717) is 25.2 Å². The molecule has 7 heteroatoms. The molecule has 0 aliphatic carbocycles. The molecule has 1 aromatic rings. The number of hydrogen-bond donors (Lipinski definition) is 1. The molecule has 0 saturated carbocycles. The zero-order valence-corrected chi connectivity index (χ0v) is 16.5. The monoisotopic (exact) mass is 423 g/mol. The molecule has 1 N–H and O–H groups in total. The number of hydrogen-bond acceptors (Lipinski definition) is 4. The summed E-state index contributed by atoms with van der Waals surface area (Å²) < 4.78 is 0.956. The van der Waals surface area contributed by atoms with Crippen molar-refractivity contribution in [3.05, 3.63) is 34.3 Å². The highest BCUT2D eigenvalue weighted by Crippen LogP contribution is 2.22. The molecule has 0 bridgehead atoms. The van der Waals surface area contributed by atoms with Crippen LogP contribution in [0.3, 0.4) is 0 Å². The van der Waals surface area contributed by atoms with Crippen molar-refractivity contribution in [2.45, 2.75) is 12.8 Å². The van der Waals surface area contributed by atoms with Crippen LogP contribution in [0.2, 0.25) is 0 Å². The number of piperazine rings is 1. The van der Waals surface area contributed by atoms with Crippen LogP contribution in [0, 0.1) is 5.92 Å². The molecular formula is C19H26BrN3O3. The van der Waals surface area contributed by atoms with Crippen LogP contribution < -0.4 is 0 Å². The average molecular weight is 424 g/mol. The van der Waals surface area contributed by atoms with Crippen LogP contribution in [0.15, 0.2) is 28.7 Å². The molecule has 1 aromatic carbocycles. The van der Waals surface area contributed by atoms with E-state index in [1.807, 2.05) is 34.1 Å². The lowest BCUT2D eigenvalue weighted by atomic mass is 9.94. The lowest BCUT2D eigenvalue weighted by molar-refractivity contribution is -0.138. The molecule has 3 rings (SSSR count). The van der Waals surface area contributed by atoms with Gasteiger partial charge in [0.25, 0.3) is 5.91 Å². The van der Waals surface area contributed by atoms with Gasteiger partial charge in [-0.05, 0) is 37.1 Å². The zero-order chi connectivity index (χ0) is 18.5. The topological polar surface area (TPSA) is 64.1 Å². The van der Waals surface area contributed by atoms with Crippen LogP contribution in [-0.4, -0.2) is 84.0 Å². The van der Waals surface area contributed by atoms with Crippen molar-refractivity contribution in [3.63, 3.8) is 0 Å². The highest BCUT2D eigenvalue weighted by atomic mass is 79.9. The number of benzene rings is 1. The van der Waals surface area contributed by atoms with Crippen molar-refractivity contribution in [1.29, 1.82) is 0 Å². The molecule has 142 valence electrons. The first-order chi connectivity index (χ1) is 12.6. The van der Waals surface area contributed by atoms with Crippen molar-refractivity contribution in [1.82, 2.24) is 14.7 Å². The molecule has 0 unspecified atom stereocenters. The first kappa shape index (κ1) is 19.3. The number of halogens is 1. The van der Waals surface area contributed by atoms with Crippen LogP contribution in [-0.2, 0) is 4.79 Å². The van der Waals surface area contributed by atoms with E-state index in [-0.39, 0.29) is 24.3 Å². The van der Waals surface area contributed by atoms with Gasteiger partial charge in [-0.15, -0.1) is 0 Å². The Labute approximate surface area is 162 Å². The summed E-state index contributed by atoms with van der Waals surface area (Å²) in [4.78, 5) is 31.3. The normalized spacial score (nSPS) is 19.6. The number of aliphatic hydroxyl groups is 1. The second-order valence-corrected chi connectivity index (χ2v) is 7.88. The Morgan fingerprint density at radius 2 is 1.58 bits per heavy atom. The SMILES string of the molecule is O=C(c1ccc(Br)cc1)N1CCC(C(=O)N2CCN(CCO)CC2)CC1. The lowest BCUT2D eigenvalue weighted by Crippen LogP contribution is -2.52. The summed E-state index contributed by atoms with van der Waals surface area (Å²) in [5.41, 5.74) is 0.693. The van der Waals surface area contributed by atoms with Gasteiger partial charge in [0.2, 0.25) is 5.91 Å². The maximum Gasteiger partial charge on any atom is 0.253 e. The smallest absolute Gasteiger partial charge is 0.253 e. The van der Waals surface area contributed by atoms with Gasteiger partial charge in [0, 0.05) is 61.8 Å². The highest BCUT2D eigenvalue weighted by molar-refractivity contribution is 9.10. The molecule has 0 aromatic heterocycles. The second kappa shape index (κ2) is 8.97. The van der Waals surface area contributed by atoms with Gasteiger partial charge in [0.15, 0.2) is 0 Å². The molecule has 0 atom stereocenters. The molecule has 6 nitrogen and oxygen atoms in total. The maximum absolute atomic E-state index is 12.8. The predicted molar refractivity (Wildman–Crippen MR) is 103 cm³/mol. The number of likely N-dealkylation sites (tertiary alicyclic amines) is 1. The standard InChI is InChI=1S/C19H26BrN3O3/c20-17-3-1-15(2-4-17)18(25)22-7-5-16(6-8-22)19(26)23-11-9-21(10-12-23)13-14-24/h1-4,16,24H,5-14H2. The molecule has 2 aliphatic rings. The number of carbonyl (C=O) groups is 2. The third-order valence-electron chi connectivity index (χ3n) is 5.32. The van der Waals surface area contributed by atoms with Crippen LogP contribution in [0.5, 0.6) is 0 Å². The number of β-amino-alcohol motifs (C(OH)–C–C–N with tert-alkyl or cyclic N) is 1. The lowest BCUT2D eigenvalue weighted by Gasteiger charge is -2.38. The predicted octanol–water partition coefficient (Wildman–Crippen LogP) is 1.44. The Kier molecular flexibility index (Phi) is 6.67. The van der Waals surface area contributed by atoms with E-state index in [1.54, 1.807) is 0 Å². The van der Waals surface area contributed by atoms with E-state index in [4.69, 9.17) is 5.11 Å². The van der Waals surface area contributed by atoms with Gasteiger partial charge in [0.05, 0.1) is 6.61 Å². The highest BCUT2D eigenvalue weighted by Gasteiger charge is 2.31. The number of nitrogens with zero attached hydrogens (tertiary/aromatic N) is 3. The van der Waals surface area contributed by atoms with E-state index in [9.17, 15) is 9.59 Å². The Balaban J connectivity index is 1.48. The summed E-state index contributed by atoms with van der Waals surface area (Å²) in [5.74, 6) is 0.291. The van der Waals surface area contributed by atoms with Crippen molar-refractivity contribution < 1.29 is 14.7 Å². The Morgan fingerprint density at radius 1 is 0.962 bits per heavy atom. The zero-order valence-electron chi connectivity index (χ0n) is 14.9. The minimum atomic E-state index is 0.0216. The molecule has 2 heterocycles. The Morgan fingerprint density at radius 3 is 2.15 bits per heavy atom. The van der Waals surface area contributed by atoms with Gasteiger partial charge in [0.1, 0.15) is 0 Å². The fourth-order valence-electron chi connectivity index (χ4n) is 3.70. The molecule has 0 spiro atoms. The number of carbonyl (C=O) groups excluding carboxylic acids is 2. The summed E-state index contributed by atoms with van der Waals surface area (Å²) >= 11 is 3.38. The van der Waals surface area contributed by atoms with Crippen LogP contribution in [0.25, 0.3) is 0 Å². The molecule has 2 aliphatic heterocycles. The van der Waals surface area contributed by atoms with Crippen LogP contribution >= 0.6 is 15.9 Å². The maximum atomic E-state index is 12.8.